The first-order valence-corrected chi connectivity index (χ1v) is 12.8. The Morgan fingerprint density at radius 3 is 2.26 bits per heavy atom. The molecular weight excluding hydrogens is 498 g/mol. The number of nitrogens with one attached hydrogen (secondary N) is 2. The van der Waals surface area contributed by atoms with E-state index in [9.17, 15) is 14.4 Å². The van der Waals surface area contributed by atoms with Gasteiger partial charge in [0.25, 0.3) is 5.91 Å². The van der Waals surface area contributed by atoms with Crippen LogP contribution in [0.5, 0.6) is 0 Å². The van der Waals surface area contributed by atoms with Crippen LogP contribution in [0.3, 0.4) is 0 Å². The van der Waals surface area contributed by atoms with Crippen molar-refractivity contribution in [2.24, 2.45) is 11.7 Å². The minimum atomic E-state index is -1.20. The van der Waals surface area contributed by atoms with Crippen molar-refractivity contribution in [1.29, 1.82) is 0 Å². The van der Waals surface area contributed by atoms with Gasteiger partial charge in [0.1, 0.15) is 6.04 Å². The Labute approximate surface area is 228 Å². The van der Waals surface area contributed by atoms with E-state index >= 15 is 0 Å². The molecule has 0 bridgehead atoms. The Morgan fingerprint density at radius 1 is 1.00 bits per heavy atom. The zero-order chi connectivity index (χ0) is 28.4. The molecule has 0 radical (unpaired) electrons. The first-order valence-electron chi connectivity index (χ1n) is 12.8. The van der Waals surface area contributed by atoms with Gasteiger partial charge < -0.3 is 30.4 Å². The van der Waals surface area contributed by atoms with Crippen molar-refractivity contribution in [2.45, 2.75) is 51.9 Å². The first-order chi connectivity index (χ1) is 18.5. The molecule has 0 saturated heterocycles. The van der Waals surface area contributed by atoms with Crippen molar-refractivity contribution in [2.75, 3.05) is 18.5 Å². The molecule has 3 rings (SSSR count). The van der Waals surface area contributed by atoms with E-state index in [-0.39, 0.29) is 31.6 Å². The molecule has 2 aromatic carbocycles. The van der Waals surface area contributed by atoms with E-state index in [0.29, 0.717) is 5.56 Å². The highest BCUT2D eigenvalue weighted by molar-refractivity contribution is 5.98. The molecule has 1 aromatic heterocycles. The van der Waals surface area contributed by atoms with E-state index in [2.05, 4.69) is 15.6 Å². The first kappa shape index (κ1) is 29.5. The van der Waals surface area contributed by atoms with Crippen molar-refractivity contribution in [3.8, 4) is 0 Å². The summed E-state index contributed by atoms with van der Waals surface area (Å²) < 4.78 is 12.8. The van der Waals surface area contributed by atoms with E-state index in [1.165, 1.54) is 6.33 Å². The maximum Gasteiger partial charge on any atom is 0.333 e. The van der Waals surface area contributed by atoms with Crippen LogP contribution in [-0.4, -0.2) is 52.1 Å². The second-order valence-corrected chi connectivity index (χ2v) is 10.3. The van der Waals surface area contributed by atoms with E-state index in [0.717, 1.165) is 5.56 Å². The zero-order valence-electron chi connectivity index (χ0n) is 22.8. The second kappa shape index (κ2) is 13.7. The molecule has 2 amide bonds. The summed E-state index contributed by atoms with van der Waals surface area (Å²) in [4.78, 5) is 43.0. The van der Waals surface area contributed by atoms with Crippen LogP contribution in [-0.2, 0) is 30.5 Å². The van der Waals surface area contributed by atoms with Crippen molar-refractivity contribution < 1.29 is 23.9 Å². The van der Waals surface area contributed by atoms with Gasteiger partial charge in [-0.2, -0.15) is 0 Å². The predicted molar refractivity (Wildman–Crippen MR) is 148 cm³/mol. The van der Waals surface area contributed by atoms with Crippen molar-refractivity contribution in [1.82, 2.24) is 14.9 Å². The number of aromatic nitrogens is 2. The third kappa shape index (κ3) is 9.05. The van der Waals surface area contributed by atoms with Crippen LogP contribution in [0.4, 0.5) is 5.82 Å². The van der Waals surface area contributed by atoms with Gasteiger partial charge in [-0.05, 0) is 30.9 Å². The Balaban J connectivity index is 1.75. The highest BCUT2D eigenvalue weighted by Gasteiger charge is 2.29. The Morgan fingerprint density at radius 2 is 1.64 bits per heavy atom. The van der Waals surface area contributed by atoms with E-state index in [1.54, 1.807) is 24.6 Å². The lowest BCUT2D eigenvalue weighted by atomic mass is 10.1. The number of nitrogens with zero attached hydrogens (tertiary/aromatic N) is 2. The number of hydrogen-bond donors (Lipinski definition) is 3. The quantitative estimate of drug-likeness (QED) is 0.286. The average molecular weight is 536 g/mol. The van der Waals surface area contributed by atoms with Crippen LogP contribution >= 0.6 is 0 Å². The Bertz CT molecular complexity index is 1220. The van der Waals surface area contributed by atoms with Gasteiger partial charge in [0.2, 0.25) is 5.91 Å². The smallest absolute Gasteiger partial charge is 0.333 e. The number of esters is 1. The van der Waals surface area contributed by atoms with Crippen LogP contribution < -0.4 is 16.4 Å². The lowest BCUT2D eigenvalue weighted by Gasteiger charge is -2.23. The monoisotopic (exact) mass is 535 g/mol. The minimum absolute atomic E-state index is 0.0859. The molecule has 0 aliphatic heterocycles. The van der Waals surface area contributed by atoms with Crippen LogP contribution in [0.1, 0.15) is 44.9 Å². The van der Waals surface area contributed by atoms with Gasteiger partial charge in [-0.1, -0.05) is 74.5 Å². The normalized spacial score (nSPS) is 13.0. The summed E-state index contributed by atoms with van der Waals surface area (Å²) in [6.07, 6.45) is 3.00. The number of carbonyl (C=O) groups is 3. The highest BCUT2D eigenvalue weighted by atomic mass is 16.5. The molecule has 1 heterocycles. The summed E-state index contributed by atoms with van der Waals surface area (Å²) in [6.45, 7) is 7.47. The summed E-state index contributed by atoms with van der Waals surface area (Å²) in [6, 6.07) is 16.8. The third-order valence-electron chi connectivity index (χ3n) is 5.65. The predicted octanol–water partition coefficient (Wildman–Crippen LogP) is 3.05. The molecule has 39 heavy (non-hydrogen) atoms. The molecule has 0 spiro atoms. The number of amides is 2. The van der Waals surface area contributed by atoms with E-state index in [4.69, 9.17) is 15.2 Å². The summed E-state index contributed by atoms with van der Waals surface area (Å²) in [5, 5.41) is 5.36. The maximum atomic E-state index is 13.2. The summed E-state index contributed by atoms with van der Waals surface area (Å²) in [5.41, 5.74) is 6.37. The van der Waals surface area contributed by atoms with Crippen molar-refractivity contribution in [3.05, 3.63) is 84.3 Å². The summed E-state index contributed by atoms with van der Waals surface area (Å²) >= 11 is 0. The standard InChI is InChI=1S/C29H37N5O5/c1-20(2)16-39-27(36)25(22-13-9-6-10-14-22)34-15-24(31-19-34)33-26(35)23(32-28(37)29(3,4)30)18-38-17-21-11-7-5-8-12-21/h5-15,19-20,23,25H,16-18,30H2,1-4H3,(H,32,37)(H,33,35). The van der Waals surface area contributed by atoms with Gasteiger partial charge in [0.15, 0.2) is 11.9 Å². The SMILES string of the molecule is CC(C)COC(=O)C(c1ccccc1)n1cnc(NC(=O)C(COCc2ccccc2)NC(=O)C(C)(C)N)c1. The lowest BCUT2D eigenvalue weighted by molar-refractivity contribution is -0.147. The molecule has 0 aliphatic carbocycles. The Kier molecular flexibility index (Phi) is 10.4. The average Bonchev–Trinajstić information content (AvgIpc) is 3.35. The number of carbonyl (C=O) groups excluding carboxylic acids is 3. The van der Waals surface area contributed by atoms with Gasteiger partial charge in [-0.3, -0.25) is 9.59 Å². The molecule has 208 valence electrons. The molecule has 0 fully saturated rings. The minimum Gasteiger partial charge on any atom is -0.464 e. The van der Waals surface area contributed by atoms with E-state index < -0.39 is 35.4 Å². The van der Waals surface area contributed by atoms with Gasteiger partial charge in [-0.25, -0.2) is 9.78 Å². The van der Waals surface area contributed by atoms with Gasteiger partial charge >= 0.3 is 5.97 Å². The molecule has 0 saturated carbocycles. The number of hydrogen-bond acceptors (Lipinski definition) is 7. The molecule has 2 unspecified atom stereocenters. The fourth-order valence-corrected chi connectivity index (χ4v) is 3.54. The maximum absolute atomic E-state index is 13.2. The number of nitrogens with two attached hydrogens (primary N) is 1. The van der Waals surface area contributed by atoms with Crippen LogP contribution in [0.25, 0.3) is 0 Å². The third-order valence-corrected chi connectivity index (χ3v) is 5.65. The molecular formula is C29H37N5O5. The molecule has 10 heteroatoms. The molecule has 4 N–H and O–H groups in total. The van der Waals surface area contributed by atoms with Crippen LogP contribution in [0.15, 0.2) is 73.2 Å². The molecule has 10 nitrogen and oxygen atoms in total. The van der Waals surface area contributed by atoms with Crippen LogP contribution in [0, 0.1) is 5.92 Å². The fraction of sp³-hybridized carbons (Fsp3) is 0.379. The number of ether oxygens (including phenoxy) is 2. The second-order valence-electron chi connectivity index (χ2n) is 10.3. The summed E-state index contributed by atoms with van der Waals surface area (Å²) in [7, 11) is 0. The fourth-order valence-electron chi connectivity index (χ4n) is 3.54. The molecule has 2 atom stereocenters. The molecule has 0 aliphatic rings. The number of benzene rings is 2. The highest BCUT2D eigenvalue weighted by Crippen LogP contribution is 2.22. The largest absolute Gasteiger partial charge is 0.464 e. The topological polar surface area (TPSA) is 138 Å². The van der Waals surface area contributed by atoms with Gasteiger partial charge in [-0.15, -0.1) is 0 Å². The lowest BCUT2D eigenvalue weighted by Crippen LogP contribution is -2.56. The van der Waals surface area contributed by atoms with Crippen LogP contribution in [0.2, 0.25) is 0 Å². The number of imidazole rings is 1. The Hall–Kier alpha value is -4.02. The summed E-state index contributed by atoms with van der Waals surface area (Å²) in [5.74, 6) is -1.10. The van der Waals surface area contributed by atoms with Crippen molar-refractivity contribution in [3.63, 3.8) is 0 Å². The van der Waals surface area contributed by atoms with Crippen molar-refractivity contribution >= 4 is 23.6 Å². The molecule has 3 aromatic rings. The number of rotatable bonds is 13. The number of anilines is 1. The van der Waals surface area contributed by atoms with E-state index in [1.807, 2.05) is 74.5 Å². The zero-order valence-corrected chi connectivity index (χ0v) is 22.8. The van der Waals surface area contributed by atoms with Gasteiger partial charge in [0, 0.05) is 6.20 Å². The van der Waals surface area contributed by atoms with Gasteiger partial charge in [0.05, 0.1) is 31.7 Å².